The van der Waals surface area contributed by atoms with Crippen LogP contribution in [0.15, 0.2) is 73.2 Å². The van der Waals surface area contributed by atoms with Crippen LogP contribution in [0.5, 0.6) is 0 Å². The zero-order valence-corrected chi connectivity index (χ0v) is 24.3. The molecule has 0 unspecified atom stereocenters. The molecule has 1 aliphatic heterocycles. The van der Waals surface area contributed by atoms with E-state index in [0.717, 1.165) is 46.7 Å². The Labute approximate surface area is 252 Å². The topological polar surface area (TPSA) is 105 Å². The minimum Gasteiger partial charge on any atom is -0.384 e. The number of hydrogen-bond donors (Lipinski definition) is 2. The number of aromatic nitrogens is 4. The Morgan fingerprint density at radius 2 is 1.77 bits per heavy atom. The van der Waals surface area contributed by atoms with E-state index in [0.29, 0.717) is 30.4 Å². The van der Waals surface area contributed by atoms with E-state index in [1.54, 1.807) is 23.0 Å². The van der Waals surface area contributed by atoms with Crippen LogP contribution in [0.2, 0.25) is 0 Å². The highest BCUT2D eigenvalue weighted by Gasteiger charge is 2.34. The second kappa shape index (κ2) is 11.7. The molecule has 1 saturated heterocycles. The van der Waals surface area contributed by atoms with Gasteiger partial charge in [-0.25, -0.2) is 14.6 Å². The van der Waals surface area contributed by atoms with Crippen LogP contribution in [0.25, 0.3) is 27.8 Å². The minimum absolute atomic E-state index is 0.0592. The first-order valence-corrected chi connectivity index (χ1v) is 14.1. The zero-order chi connectivity index (χ0) is 31.0. The monoisotopic (exact) mass is 600 g/mol. The second-order valence-electron chi connectivity index (χ2n) is 11.1. The van der Waals surface area contributed by atoms with Crippen molar-refractivity contribution in [2.24, 2.45) is 0 Å². The fraction of sp³-hybridized carbons (Fsp3) is 0.250. The molecule has 0 spiro atoms. The Kier molecular flexibility index (Phi) is 7.78. The quantitative estimate of drug-likeness (QED) is 0.269. The van der Waals surface area contributed by atoms with Crippen LogP contribution in [0, 0.1) is 6.92 Å². The Balaban J connectivity index is 1.26. The Hall–Kier alpha value is -4.81. The van der Waals surface area contributed by atoms with Gasteiger partial charge in [0.1, 0.15) is 12.1 Å². The molecule has 1 fully saturated rings. The molecule has 0 bridgehead atoms. The molecule has 226 valence electrons. The number of amides is 1. The largest absolute Gasteiger partial charge is 0.416 e. The lowest BCUT2D eigenvalue weighted by Crippen LogP contribution is -2.44. The average molecular weight is 601 g/mol. The van der Waals surface area contributed by atoms with Gasteiger partial charge in [-0.15, -0.1) is 0 Å². The van der Waals surface area contributed by atoms with Gasteiger partial charge in [0, 0.05) is 55.4 Å². The van der Waals surface area contributed by atoms with Crippen molar-refractivity contribution in [3.63, 3.8) is 0 Å². The highest BCUT2D eigenvalue weighted by Crippen LogP contribution is 2.34. The molecule has 2 aromatic heterocycles. The Morgan fingerprint density at radius 3 is 2.52 bits per heavy atom. The number of nitrogens with one attached hydrogen (secondary N) is 1. The van der Waals surface area contributed by atoms with Crippen LogP contribution in [0.1, 0.15) is 27.0 Å². The first kappa shape index (κ1) is 29.3. The summed E-state index contributed by atoms with van der Waals surface area (Å²) in [5.41, 5.74) is 9.07. The maximum absolute atomic E-state index is 14.1. The van der Waals surface area contributed by atoms with E-state index >= 15 is 0 Å². The van der Waals surface area contributed by atoms with Crippen LogP contribution in [-0.2, 0) is 12.7 Å². The number of halogens is 3. The van der Waals surface area contributed by atoms with Crippen molar-refractivity contribution in [1.29, 1.82) is 0 Å². The lowest BCUT2D eigenvalue weighted by molar-refractivity contribution is -0.138. The van der Waals surface area contributed by atoms with Crippen LogP contribution in [-0.4, -0.2) is 68.7 Å². The molecular formula is C32H31F3N8O. The van der Waals surface area contributed by atoms with E-state index in [9.17, 15) is 18.0 Å². The van der Waals surface area contributed by atoms with Gasteiger partial charge < -0.3 is 16.0 Å². The molecule has 0 saturated carbocycles. The lowest BCUT2D eigenvalue weighted by atomic mass is 9.98. The Bertz CT molecular complexity index is 1840. The number of nitrogen functional groups attached to an aromatic ring is 1. The van der Waals surface area contributed by atoms with Crippen molar-refractivity contribution in [3.05, 3.63) is 95.4 Å². The SMILES string of the molecule is Cc1ccc(NC(=O)c2ccc(CN3CCN(C)CC3)c(C(F)(F)F)c2)cc1-c1ccc2cnn(-c3cc(N)ncn3)c2c1. The summed E-state index contributed by atoms with van der Waals surface area (Å²) in [7, 11) is 2.00. The van der Waals surface area contributed by atoms with Crippen molar-refractivity contribution in [1.82, 2.24) is 29.5 Å². The maximum atomic E-state index is 14.1. The summed E-state index contributed by atoms with van der Waals surface area (Å²) in [5, 5.41) is 8.13. The predicted molar refractivity (Wildman–Crippen MR) is 163 cm³/mol. The van der Waals surface area contributed by atoms with Crippen LogP contribution in [0.3, 0.4) is 0 Å². The highest BCUT2D eigenvalue weighted by molar-refractivity contribution is 6.05. The number of fused-ring (bicyclic) bond motifs is 1. The number of carbonyl (C=O) groups excluding carboxylic acids is 1. The van der Waals surface area contributed by atoms with Crippen molar-refractivity contribution < 1.29 is 18.0 Å². The standard InChI is InChI=1S/C32H31F3N8O/c1-20-3-8-25(15-26(20)21-4-6-23-17-39-43(28(23)14-21)30-16-29(36)37-19-38-30)40-31(44)22-5-7-24(27(13-22)32(33,34)35)18-42-11-9-41(2)10-12-42/h3-8,13-17,19H,9-12,18H2,1-2H3,(H,40,44)(H2,36,37,38). The third-order valence-corrected chi connectivity index (χ3v) is 7.94. The lowest BCUT2D eigenvalue weighted by Gasteiger charge is -2.33. The molecule has 0 radical (unpaired) electrons. The van der Waals surface area contributed by atoms with Crippen molar-refractivity contribution in [2.75, 3.05) is 44.3 Å². The summed E-state index contributed by atoms with van der Waals surface area (Å²) >= 11 is 0. The van der Waals surface area contributed by atoms with Crippen molar-refractivity contribution in [2.45, 2.75) is 19.6 Å². The van der Waals surface area contributed by atoms with Gasteiger partial charge in [-0.05, 0) is 66.6 Å². The average Bonchev–Trinajstić information content (AvgIpc) is 3.42. The summed E-state index contributed by atoms with van der Waals surface area (Å²) in [6.45, 7) is 5.11. The smallest absolute Gasteiger partial charge is 0.384 e. The molecule has 0 atom stereocenters. The number of alkyl halides is 3. The molecule has 3 N–H and O–H groups in total. The summed E-state index contributed by atoms with van der Waals surface area (Å²) in [6, 6.07) is 16.7. The summed E-state index contributed by atoms with van der Waals surface area (Å²) in [5.74, 6) is 0.225. The van der Waals surface area contributed by atoms with Gasteiger partial charge in [-0.3, -0.25) is 9.69 Å². The summed E-state index contributed by atoms with van der Waals surface area (Å²) < 4.78 is 43.9. The van der Waals surface area contributed by atoms with Gasteiger partial charge in [0.15, 0.2) is 5.82 Å². The molecule has 9 nitrogen and oxygen atoms in total. The predicted octanol–water partition coefficient (Wildman–Crippen LogP) is 5.39. The van der Waals surface area contributed by atoms with Gasteiger partial charge in [-0.1, -0.05) is 24.3 Å². The second-order valence-corrected chi connectivity index (χ2v) is 11.1. The third-order valence-electron chi connectivity index (χ3n) is 7.94. The molecule has 1 amide bonds. The maximum Gasteiger partial charge on any atom is 0.416 e. The molecular weight excluding hydrogens is 569 g/mol. The number of piperazine rings is 1. The number of benzene rings is 3. The molecule has 3 aromatic carbocycles. The first-order valence-electron chi connectivity index (χ1n) is 14.1. The van der Waals surface area contributed by atoms with Crippen molar-refractivity contribution >= 4 is 28.3 Å². The summed E-state index contributed by atoms with van der Waals surface area (Å²) in [4.78, 5) is 25.6. The van der Waals surface area contributed by atoms with Gasteiger partial charge in [0.05, 0.1) is 17.3 Å². The number of nitrogens with zero attached hydrogens (tertiary/aromatic N) is 6. The summed E-state index contributed by atoms with van der Waals surface area (Å²) in [6.07, 6.45) is -1.48. The Morgan fingerprint density at radius 1 is 0.977 bits per heavy atom. The number of hydrogen-bond acceptors (Lipinski definition) is 7. The molecule has 0 aliphatic carbocycles. The number of anilines is 2. The van der Waals surface area contributed by atoms with Crippen LogP contribution < -0.4 is 11.1 Å². The van der Waals surface area contributed by atoms with Gasteiger partial charge in [0.25, 0.3) is 5.91 Å². The number of likely N-dealkylation sites (N-methyl/N-ethyl adjacent to an activating group) is 1. The van der Waals surface area contributed by atoms with E-state index < -0.39 is 17.6 Å². The molecule has 44 heavy (non-hydrogen) atoms. The van der Waals surface area contributed by atoms with Crippen LogP contribution >= 0.6 is 0 Å². The van der Waals surface area contributed by atoms with E-state index in [1.807, 2.05) is 49.2 Å². The van der Waals surface area contributed by atoms with Gasteiger partial charge in [-0.2, -0.15) is 18.3 Å². The number of rotatable bonds is 6. The van der Waals surface area contributed by atoms with E-state index in [-0.39, 0.29) is 17.7 Å². The van der Waals surface area contributed by atoms with Crippen molar-refractivity contribution in [3.8, 4) is 16.9 Å². The highest BCUT2D eigenvalue weighted by atomic mass is 19.4. The number of aryl methyl sites for hydroxylation is 1. The molecule has 1 aliphatic rings. The van der Waals surface area contributed by atoms with Gasteiger partial charge in [0.2, 0.25) is 0 Å². The first-order chi connectivity index (χ1) is 21.0. The molecule has 6 rings (SSSR count). The third kappa shape index (κ3) is 6.12. The normalized spacial score (nSPS) is 14.7. The molecule has 12 heteroatoms. The van der Waals surface area contributed by atoms with Crippen LogP contribution in [0.4, 0.5) is 24.7 Å². The van der Waals surface area contributed by atoms with Gasteiger partial charge >= 0.3 is 6.18 Å². The molecule has 3 heterocycles. The fourth-order valence-electron chi connectivity index (χ4n) is 5.43. The fourth-order valence-corrected chi connectivity index (χ4v) is 5.43. The van der Waals surface area contributed by atoms with E-state index in [2.05, 4.69) is 25.3 Å². The number of nitrogens with two attached hydrogens (primary N) is 1. The minimum atomic E-state index is -4.59. The zero-order valence-electron chi connectivity index (χ0n) is 24.3. The molecule has 5 aromatic rings. The van der Waals surface area contributed by atoms with E-state index in [4.69, 9.17) is 5.73 Å². The van der Waals surface area contributed by atoms with E-state index in [1.165, 1.54) is 18.5 Å². The number of carbonyl (C=O) groups is 1.